The molecule has 7 heteroatoms. The highest BCUT2D eigenvalue weighted by Gasteiger charge is 2.33. The third-order valence-electron chi connectivity index (χ3n) is 6.41. The summed E-state index contributed by atoms with van der Waals surface area (Å²) < 4.78 is 32.6. The summed E-state index contributed by atoms with van der Waals surface area (Å²) >= 11 is 0. The molecular weight excluding hydrogens is 486 g/mol. The standard InChI is InChI=1S/C31H32F2N2O3/c1-6-7-8-29(36)35(30(20(2)3)31(37)38-5)19-21-9-11-22(12-10-21)27-17-23(13-14-28(27)34-4)24-15-25(32)18-26(33)16-24/h9-18,20,30H,6-8,19H2,1-3,5H3/t30-/m0/s1. The molecular formula is C31H32F2N2O3. The van der Waals surface area contributed by atoms with Crippen molar-refractivity contribution in [3.05, 3.63) is 89.3 Å². The number of halogens is 2. The van der Waals surface area contributed by atoms with Crippen LogP contribution in [0.3, 0.4) is 0 Å². The SMILES string of the molecule is [C-]#[N+]c1ccc(-c2cc(F)cc(F)c2)cc1-c1ccc(CN(C(=O)CCCC)[C@H](C(=O)OC)C(C)C)cc1. The molecule has 1 atom stereocenters. The first-order valence-electron chi connectivity index (χ1n) is 12.6. The summed E-state index contributed by atoms with van der Waals surface area (Å²) in [5.41, 5.74) is 3.55. The van der Waals surface area contributed by atoms with Gasteiger partial charge in [-0.05, 0) is 52.3 Å². The molecule has 198 valence electrons. The average molecular weight is 519 g/mol. The van der Waals surface area contributed by atoms with Crippen molar-refractivity contribution in [2.75, 3.05) is 7.11 Å². The van der Waals surface area contributed by atoms with Crippen LogP contribution in [0.25, 0.3) is 27.1 Å². The van der Waals surface area contributed by atoms with E-state index in [-0.39, 0.29) is 18.4 Å². The fourth-order valence-corrected chi connectivity index (χ4v) is 4.44. The fourth-order valence-electron chi connectivity index (χ4n) is 4.44. The van der Waals surface area contributed by atoms with Gasteiger partial charge < -0.3 is 9.64 Å². The van der Waals surface area contributed by atoms with Crippen LogP contribution in [0, 0.1) is 24.1 Å². The summed E-state index contributed by atoms with van der Waals surface area (Å²) in [6, 6.07) is 15.0. The molecule has 1 amide bonds. The smallest absolute Gasteiger partial charge is 0.328 e. The minimum atomic E-state index is -0.707. The lowest BCUT2D eigenvalue weighted by molar-refractivity contribution is -0.155. The van der Waals surface area contributed by atoms with Gasteiger partial charge in [-0.3, -0.25) is 4.79 Å². The van der Waals surface area contributed by atoms with Crippen LogP contribution in [0.1, 0.15) is 45.6 Å². The summed E-state index contributed by atoms with van der Waals surface area (Å²) in [7, 11) is 1.32. The van der Waals surface area contributed by atoms with Gasteiger partial charge in [0.1, 0.15) is 17.7 Å². The van der Waals surface area contributed by atoms with Crippen molar-refractivity contribution in [2.24, 2.45) is 5.92 Å². The van der Waals surface area contributed by atoms with Crippen molar-refractivity contribution < 1.29 is 23.1 Å². The van der Waals surface area contributed by atoms with Gasteiger partial charge in [0.2, 0.25) is 5.91 Å². The highest BCUT2D eigenvalue weighted by atomic mass is 19.1. The highest BCUT2D eigenvalue weighted by Crippen LogP contribution is 2.35. The Bertz CT molecular complexity index is 1310. The Labute approximate surface area is 222 Å². The number of amides is 1. The summed E-state index contributed by atoms with van der Waals surface area (Å²) in [6.45, 7) is 13.6. The maximum Gasteiger partial charge on any atom is 0.328 e. The Hall–Kier alpha value is -4.05. The molecule has 0 radical (unpaired) electrons. The van der Waals surface area contributed by atoms with Crippen molar-refractivity contribution in [2.45, 2.75) is 52.6 Å². The normalized spacial score (nSPS) is 11.6. The lowest BCUT2D eigenvalue weighted by Gasteiger charge is -2.32. The van der Waals surface area contributed by atoms with Crippen LogP contribution in [0.2, 0.25) is 0 Å². The number of ether oxygens (including phenoxy) is 1. The van der Waals surface area contributed by atoms with E-state index in [9.17, 15) is 18.4 Å². The molecule has 0 fully saturated rings. The van der Waals surface area contributed by atoms with Crippen LogP contribution in [0.4, 0.5) is 14.5 Å². The van der Waals surface area contributed by atoms with Gasteiger partial charge in [0.15, 0.2) is 5.69 Å². The molecule has 5 nitrogen and oxygen atoms in total. The zero-order valence-corrected chi connectivity index (χ0v) is 22.1. The number of unbranched alkanes of at least 4 members (excludes halogenated alkanes) is 1. The number of benzene rings is 3. The Morgan fingerprint density at radius 2 is 1.58 bits per heavy atom. The van der Waals surface area contributed by atoms with Gasteiger partial charge in [0.05, 0.1) is 13.7 Å². The quantitative estimate of drug-likeness (QED) is 0.205. The number of methoxy groups -OCH3 is 1. The highest BCUT2D eigenvalue weighted by molar-refractivity contribution is 5.85. The molecule has 0 aliphatic rings. The van der Waals surface area contributed by atoms with E-state index in [0.29, 0.717) is 28.8 Å². The Morgan fingerprint density at radius 1 is 0.947 bits per heavy atom. The van der Waals surface area contributed by atoms with E-state index >= 15 is 0 Å². The Kier molecular flexibility index (Phi) is 9.72. The summed E-state index contributed by atoms with van der Waals surface area (Å²) in [5.74, 6) is -2.04. The molecule has 0 N–H and O–H groups in total. The Morgan fingerprint density at radius 3 is 2.13 bits per heavy atom. The van der Waals surface area contributed by atoms with Crippen LogP contribution in [0.15, 0.2) is 60.7 Å². The van der Waals surface area contributed by atoms with Crippen LogP contribution < -0.4 is 0 Å². The van der Waals surface area contributed by atoms with Gasteiger partial charge in [0, 0.05) is 19.0 Å². The molecule has 3 aromatic carbocycles. The van der Waals surface area contributed by atoms with Crippen LogP contribution in [-0.4, -0.2) is 29.9 Å². The number of hydrogen-bond acceptors (Lipinski definition) is 3. The number of carbonyl (C=O) groups excluding carboxylic acids is 2. The topological polar surface area (TPSA) is 51.0 Å². The summed E-state index contributed by atoms with van der Waals surface area (Å²) in [5, 5.41) is 0. The zero-order valence-electron chi connectivity index (χ0n) is 22.1. The predicted octanol–water partition coefficient (Wildman–Crippen LogP) is 7.57. The van der Waals surface area contributed by atoms with Gasteiger partial charge in [-0.25, -0.2) is 18.4 Å². The van der Waals surface area contributed by atoms with Gasteiger partial charge >= 0.3 is 5.97 Å². The molecule has 0 aromatic heterocycles. The van der Waals surface area contributed by atoms with Crippen LogP contribution >= 0.6 is 0 Å². The second-order valence-corrected chi connectivity index (χ2v) is 9.54. The van der Waals surface area contributed by atoms with Gasteiger partial charge in [-0.2, -0.15) is 0 Å². The molecule has 38 heavy (non-hydrogen) atoms. The fraction of sp³-hybridized carbons (Fsp3) is 0.323. The molecule has 0 unspecified atom stereocenters. The number of hydrogen-bond donors (Lipinski definition) is 0. The van der Waals surface area contributed by atoms with E-state index in [2.05, 4.69) is 4.85 Å². The first kappa shape index (κ1) is 28.5. The molecule has 0 spiro atoms. The van der Waals surface area contributed by atoms with Gasteiger partial charge in [-0.15, -0.1) is 0 Å². The average Bonchev–Trinajstić information content (AvgIpc) is 2.90. The molecule has 0 saturated heterocycles. The second-order valence-electron chi connectivity index (χ2n) is 9.54. The lowest BCUT2D eigenvalue weighted by atomic mass is 9.96. The molecule has 3 aromatic rings. The number of carbonyl (C=O) groups is 2. The van der Waals surface area contributed by atoms with Crippen molar-refractivity contribution >= 4 is 17.6 Å². The van der Waals surface area contributed by atoms with Crippen molar-refractivity contribution in [1.29, 1.82) is 0 Å². The third kappa shape index (κ3) is 6.83. The first-order chi connectivity index (χ1) is 18.2. The monoisotopic (exact) mass is 518 g/mol. The molecule has 0 aliphatic heterocycles. The molecule has 0 saturated carbocycles. The molecule has 3 rings (SSSR count). The number of rotatable bonds is 10. The van der Waals surface area contributed by atoms with Crippen LogP contribution in [-0.2, 0) is 20.9 Å². The van der Waals surface area contributed by atoms with Crippen molar-refractivity contribution in [3.63, 3.8) is 0 Å². The largest absolute Gasteiger partial charge is 0.467 e. The third-order valence-corrected chi connectivity index (χ3v) is 6.41. The lowest BCUT2D eigenvalue weighted by Crippen LogP contribution is -2.48. The van der Waals surface area contributed by atoms with Gasteiger partial charge in [-0.1, -0.05) is 69.7 Å². The first-order valence-corrected chi connectivity index (χ1v) is 12.6. The maximum atomic E-state index is 13.8. The predicted molar refractivity (Wildman–Crippen MR) is 144 cm³/mol. The summed E-state index contributed by atoms with van der Waals surface area (Å²) in [4.78, 5) is 30.9. The van der Waals surface area contributed by atoms with E-state index in [0.717, 1.165) is 30.0 Å². The zero-order chi connectivity index (χ0) is 27.8. The molecule has 0 bridgehead atoms. The Balaban J connectivity index is 1.95. The molecule has 0 heterocycles. The maximum absolute atomic E-state index is 13.8. The van der Waals surface area contributed by atoms with E-state index < -0.39 is 23.6 Å². The summed E-state index contributed by atoms with van der Waals surface area (Å²) in [6.07, 6.45) is 1.94. The van der Waals surface area contributed by atoms with E-state index in [1.807, 2.05) is 45.0 Å². The van der Waals surface area contributed by atoms with Gasteiger partial charge in [0.25, 0.3) is 0 Å². The number of nitrogens with zero attached hydrogens (tertiary/aromatic N) is 2. The van der Waals surface area contributed by atoms with Crippen molar-refractivity contribution in [1.82, 2.24) is 4.90 Å². The molecule has 0 aliphatic carbocycles. The van der Waals surface area contributed by atoms with Crippen LogP contribution in [0.5, 0.6) is 0 Å². The second kappa shape index (κ2) is 13.0. The minimum Gasteiger partial charge on any atom is -0.467 e. The van der Waals surface area contributed by atoms with E-state index in [1.54, 1.807) is 23.1 Å². The minimum absolute atomic E-state index is 0.106. The van der Waals surface area contributed by atoms with Crippen molar-refractivity contribution in [3.8, 4) is 22.3 Å². The number of esters is 1. The van der Waals surface area contributed by atoms with E-state index in [1.165, 1.54) is 19.2 Å². The van der Waals surface area contributed by atoms with E-state index in [4.69, 9.17) is 11.3 Å².